The minimum atomic E-state index is 1.05. The van der Waals surface area contributed by atoms with Gasteiger partial charge in [0.1, 0.15) is 0 Å². The van der Waals surface area contributed by atoms with Crippen LogP contribution >= 0.6 is 11.3 Å². The predicted octanol–water partition coefficient (Wildman–Crippen LogP) is 1.10. The topological polar surface area (TPSA) is 24.1 Å². The highest BCUT2D eigenvalue weighted by Crippen LogP contribution is 2.07. The molecule has 0 unspecified atom stereocenters. The molecule has 0 aromatic carbocycles. The summed E-state index contributed by atoms with van der Waals surface area (Å²) in [4.78, 5) is 1.46. The fourth-order valence-electron chi connectivity index (χ4n) is 1.00. The molecule has 2 N–H and O–H groups in total. The lowest BCUT2D eigenvalue weighted by molar-refractivity contribution is 0.651. The Labute approximate surface area is 78.0 Å². The Morgan fingerprint density at radius 1 is 1.33 bits per heavy atom. The average Bonchev–Trinajstić information content (AvgIpc) is 2.57. The molecule has 0 saturated carbocycles. The van der Waals surface area contributed by atoms with Crippen LogP contribution in [-0.2, 0) is 6.42 Å². The molecule has 1 rings (SSSR count). The molecule has 0 atom stereocenters. The molecule has 0 amide bonds. The van der Waals surface area contributed by atoms with E-state index in [1.54, 1.807) is 0 Å². The van der Waals surface area contributed by atoms with Crippen LogP contribution in [0.4, 0.5) is 0 Å². The SMILES string of the molecule is CNCCNCCc1cccs1. The van der Waals surface area contributed by atoms with Crippen LogP contribution in [0.15, 0.2) is 17.5 Å². The van der Waals surface area contributed by atoms with Gasteiger partial charge in [-0.25, -0.2) is 0 Å². The lowest BCUT2D eigenvalue weighted by atomic mass is 10.3. The van der Waals surface area contributed by atoms with E-state index in [-0.39, 0.29) is 0 Å². The molecule has 0 bridgehead atoms. The largest absolute Gasteiger partial charge is 0.318 e. The molecule has 0 spiro atoms. The van der Waals surface area contributed by atoms with Gasteiger partial charge < -0.3 is 10.6 Å². The van der Waals surface area contributed by atoms with Crippen molar-refractivity contribution in [1.29, 1.82) is 0 Å². The molecule has 0 radical (unpaired) electrons. The first-order chi connectivity index (χ1) is 5.93. The Morgan fingerprint density at radius 2 is 2.25 bits per heavy atom. The first-order valence-corrected chi connectivity index (χ1v) is 5.19. The molecule has 0 fully saturated rings. The lowest BCUT2D eigenvalue weighted by Gasteiger charge is -2.01. The van der Waals surface area contributed by atoms with E-state index in [1.807, 2.05) is 18.4 Å². The smallest absolute Gasteiger partial charge is 0.00767 e. The summed E-state index contributed by atoms with van der Waals surface area (Å²) in [6.07, 6.45) is 1.15. The van der Waals surface area contributed by atoms with Gasteiger partial charge in [-0.1, -0.05) is 6.07 Å². The van der Waals surface area contributed by atoms with Crippen molar-refractivity contribution in [2.24, 2.45) is 0 Å². The molecule has 1 aromatic heterocycles. The molecular formula is C9H16N2S. The van der Waals surface area contributed by atoms with Crippen molar-refractivity contribution in [1.82, 2.24) is 10.6 Å². The van der Waals surface area contributed by atoms with Crippen LogP contribution in [0.5, 0.6) is 0 Å². The number of hydrogen-bond acceptors (Lipinski definition) is 3. The van der Waals surface area contributed by atoms with Crippen LogP contribution in [-0.4, -0.2) is 26.7 Å². The number of rotatable bonds is 6. The summed E-state index contributed by atoms with van der Waals surface area (Å²) in [5.41, 5.74) is 0. The van der Waals surface area contributed by atoms with E-state index in [0.29, 0.717) is 0 Å². The van der Waals surface area contributed by atoms with E-state index in [9.17, 15) is 0 Å². The summed E-state index contributed by atoms with van der Waals surface area (Å²) in [6.45, 7) is 3.19. The van der Waals surface area contributed by atoms with Crippen LogP contribution in [0.3, 0.4) is 0 Å². The Bertz CT molecular complexity index is 184. The van der Waals surface area contributed by atoms with Gasteiger partial charge in [-0.05, 0) is 24.9 Å². The molecule has 0 aliphatic heterocycles. The van der Waals surface area contributed by atoms with Crippen molar-refractivity contribution in [3.63, 3.8) is 0 Å². The normalized spacial score (nSPS) is 10.4. The van der Waals surface area contributed by atoms with Crippen molar-refractivity contribution >= 4 is 11.3 Å². The van der Waals surface area contributed by atoms with Crippen molar-refractivity contribution < 1.29 is 0 Å². The summed E-state index contributed by atoms with van der Waals surface area (Å²) < 4.78 is 0. The number of thiophene rings is 1. The van der Waals surface area contributed by atoms with Crippen LogP contribution < -0.4 is 10.6 Å². The summed E-state index contributed by atoms with van der Waals surface area (Å²) >= 11 is 1.83. The maximum absolute atomic E-state index is 3.37. The molecule has 0 aliphatic carbocycles. The first-order valence-electron chi connectivity index (χ1n) is 4.31. The van der Waals surface area contributed by atoms with Gasteiger partial charge in [0.25, 0.3) is 0 Å². The number of hydrogen-bond donors (Lipinski definition) is 2. The zero-order valence-electron chi connectivity index (χ0n) is 7.47. The van der Waals surface area contributed by atoms with E-state index < -0.39 is 0 Å². The van der Waals surface area contributed by atoms with Crippen molar-refractivity contribution in [3.8, 4) is 0 Å². The molecule has 68 valence electrons. The van der Waals surface area contributed by atoms with Crippen LogP contribution in [0.1, 0.15) is 4.88 Å². The van der Waals surface area contributed by atoms with Gasteiger partial charge in [-0.3, -0.25) is 0 Å². The highest BCUT2D eigenvalue weighted by molar-refractivity contribution is 7.09. The van der Waals surface area contributed by atoms with E-state index in [0.717, 1.165) is 26.1 Å². The van der Waals surface area contributed by atoms with Crippen LogP contribution in [0, 0.1) is 0 Å². The van der Waals surface area contributed by atoms with Gasteiger partial charge >= 0.3 is 0 Å². The third-order valence-corrected chi connectivity index (χ3v) is 2.62. The molecule has 2 nitrogen and oxygen atoms in total. The zero-order valence-corrected chi connectivity index (χ0v) is 8.29. The zero-order chi connectivity index (χ0) is 8.65. The van der Waals surface area contributed by atoms with Gasteiger partial charge in [0.15, 0.2) is 0 Å². The standard InChI is InChI=1S/C9H16N2S/c1-10-6-7-11-5-4-9-3-2-8-12-9/h2-3,8,10-11H,4-7H2,1H3. The molecule has 0 aliphatic rings. The Morgan fingerprint density at radius 3 is 2.92 bits per heavy atom. The number of likely N-dealkylation sites (N-methyl/N-ethyl adjacent to an activating group) is 1. The fraction of sp³-hybridized carbons (Fsp3) is 0.556. The van der Waals surface area contributed by atoms with Gasteiger partial charge in [-0.2, -0.15) is 0 Å². The predicted molar refractivity (Wildman–Crippen MR) is 54.8 cm³/mol. The lowest BCUT2D eigenvalue weighted by Crippen LogP contribution is -2.26. The van der Waals surface area contributed by atoms with Crippen LogP contribution in [0.25, 0.3) is 0 Å². The fourth-order valence-corrected chi connectivity index (χ4v) is 1.71. The monoisotopic (exact) mass is 184 g/mol. The summed E-state index contributed by atoms with van der Waals surface area (Å²) in [7, 11) is 1.97. The molecule has 1 aromatic rings. The minimum Gasteiger partial charge on any atom is -0.318 e. The second kappa shape index (κ2) is 6.17. The van der Waals surface area contributed by atoms with Gasteiger partial charge in [0, 0.05) is 24.5 Å². The molecular weight excluding hydrogens is 168 g/mol. The van der Waals surface area contributed by atoms with E-state index in [1.165, 1.54) is 4.88 Å². The molecule has 1 heterocycles. The Balaban J connectivity index is 1.96. The Hall–Kier alpha value is -0.380. The van der Waals surface area contributed by atoms with Crippen molar-refractivity contribution in [2.75, 3.05) is 26.7 Å². The maximum atomic E-state index is 3.37. The van der Waals surface area contributed by atoms with Gasteiger partial charge in [-0.15, -0.1) is 11.3 Å². The molecule has 0 saturated heterocycles. The first kappa shape index (κ1) is 9.71. The van der Waals surface area contributed by atoms with Gasteiger partial charge in [0.05, 0.1) is 0 Å². The highest BCUT2D eigenvalue weighted by Gasteiger charge is 1.91. The summed E-state index contributed by atoms with van der Waals surface area (Å²) in [5.74, 6) is 0. The minimum absolute atomic E-state index is 1.05. The second-order valence-electron chi connectivity index (χ2n) is 2.68. The Kier molecular flexibility index (Phi) is 4.99. The van der Waals surface area contributed by atoms with E-state index in [2.05, 4.69) is 28.1 Å². The molecule has 12 heavy (non-hydrogen) atoms. The summed E-state index contributed by atoms with van der Waals surface area (Å²) in [6, 6.07) is 4.29. The summed E-state index contributed by atoms with van der Waals surface area (Å²) in [5, 5.41) is 8.60. The van der Waals surface area contributed by atoms with E-state index >= 15 is 0 Å². The second-order valence-corrected chi connectivity index (χ2v) is 3.72. The van der Waals surface area contributed by atoms with Crippen molar-refractivity contribution in [3.05, 3.63) is 22.4 Å². The van der Waals surface area contributed by atoms with E-state index in [4.69, 9.17) is 0 Å². The quantitative estimate of drug-likeness (QED) is 0.647. The molecule has 3 heteroatoms. The van der Waals surface area contributed by atoms with Crippen LogP contribution in [0.2, 0.25) is 0 Å². The van der Waals surface area contributed by atoms with Crippen molar-refractivity contribution in [2.45, 2.75) is 6.42 Å². The third-order valence-electron chi connectivity index (χ3n) is 1.68. The third kappa shape index (κ3) is 3.85. The van der Waals surface area contributed by atoms with Gasteiger partial charge in [0.2, 0.25) is 0 Å². The average molecular weight is 184 g/mol. The highest BCUT2D eigenvalue weighted by atomic mass is 32.1. The number of nitrogens with one attached hydrogen (secondary N) is 2. The maximum Gasteiger partial charge on any atom is 0.00767 e.